The number of non-ortho nitro benzene ring substituents is 1. The molecule has 0 aliphatic rings. The van der Waals surface area contributed by atoms with Crippen LogP contribution >= 0.6 is 0 Å². The van der Waals surface area contributed by atoms with E-state index in [1.807, 2.05) is 35.8 Å². The van der Waals surface area contributed by atoms with E-state index in [-0.39, 0.29) is 18.2 Å². The van der Waals surface area contributed by atoms with Crippen LogP contribution in [0.4, 0.5) is 5.69 Å². The van der Waals surface area contributed by atoms with E-state index in [1.165, 1.54) is 12.1 Å². The molecule has 0 saturated carbocycles. The van der Waals surface area contributed by atoms with Crippen molar-refractivity contribution in [3.63, 3.8) is 0 Å². The second kappa shape index (κ2) is 8.40. The van der Waals surface area contributed by atoms with Gasteiger partial charge in [0, 0.05) is 34.3 Å². The zero-order chi connectivity index (χ0) is 21.0. The number of nitro benzene ring substituents is 1. The highest BCUT2D eigenvalue weighted by Crippen LogP contribution is 2.30. The van der Waals surface area contributed by atoms with E-state index in [2.05, 4.69) is 6.07 Å². The number of allylic oxidation sites excluding steroid dienone is 1. The quantitative estimate of drug-likeness (QED) is 0.268. The van der Waals surface area contributed by atoms with E-state index in [9.17, 15) is 20.2 Å². The van der Waals surface area contributed by atoms with E-state index in [1.54, 1.807) is 25.1 Å². The van der Waals surface area contributed by atoms with Gasteiger partial charge in [0.1, 0.15) is 6.54 Å². The lowest BCUT2D eigenvalue weighted by Crippen LogP contribution is -2.14. The Balaban J connectivity index is 2.10. The molecule has 1 aromatic heterocycles. The molecular formula is C22H19N3O4. The fourth-order valence-electron chi connectivity index (χ4n) is 3.27. The van der Waals surface area contributed by atoms with Crippen LogP contribution in [-0.2, 0) is 16.1 Å². The molecular weight excluding hydrogens is 370 g/mol. The van der Waals surface area contributed by atoms with Crippen molar-refractivity contribution in [2.75, 3.05) is 6.61 Å². The van der Waals surface area contributed by atoms with Crippen molar-refractivity contribution in [2.24, 2.45) is 0 Å². The van der Waals surface area contributed by atoms with E-state index in [0.29, 0.717) is 17.7 Å². The monoisotopic (exact) mass is 389 g/mol. The fourth-order valence-corrected chi connectivity index (χ4v) is 3.27. The molecule has 3 rings (SSSR count). The fraction of sp³-hybridized carbons (Fsp3) is 0.182. The third kappa shape index (κ3) is 4.01. The van der Waals surface area contributed by atoms with Crippen molar-refractivity contribution in [3.8, 4) is 6.07 Å². The van der Waals surface area contributed by atoms with E-state index in [0.717, 1.165) is 22.2 Å². The molecule has 0 saturated heterocycles. The molecule has 0 bridgehead atoms. The lowest BCUT2D eigenvalue weighted by molar-refractivity contribution is -0.384. The highest BCUT2D eigenvalue weighted by atomic mass is 16.6. The van der Waals surface area contributed by atoms with Crippen molar-refractivity contribution in [1.82, 2.24) is 4.57 Å². The Labute approximate surface area is 167 Å². The van der Waals surface area contributed by atoms with Crippen LogP contribution in [0.15, 0.2) is 48.5 Å². The highest BCUT2D eigenvalue weighted by Gasteiger charge is 2.16. The third-order valence-corrected chi connectivity index (χ3v) is 4.67. The molecule has 29 heavy (non-hydrogen) atoms. The first kappa shape index (κ1) is 19.8. The van der Waals surface area contributed by atoms with Gasteiger partial charge in [-0.25, -0.2) is 0 Å². The number of esters is 1. The van der Waals surface area contributed by atoms with Crippen molar-refractivity contribution in [2.45, 2.75) is 20.4 Å². The number of aromatic nitrogens is 1. The Bertz CT molecular complexity index is 1150. The van der Waals surface area contributed by atoms with Crippen LogP contribution in [0.3, 0.4) is 0 Å². The summed E-state index contributed by atoms with van der Waals surface area (Å²) in [6.45, 7) is 4.03. The van der Waals surface area contributed by atoms with Crippen LogP contribution in [0, 0.1) is 28.4 Å². The van der Waals surface area contributed by atoms with Crippen LogP contribution in [0.25, 0.3) is 22.6 Å². The number of hydrogen-bond acceptors (Lipinski definition) is 5. The first-order valence-electron chi connectivity index (χ1n) is 9.06. The van der Waals surface area contributed by atoms with Crippen molar-refractivity contribution in [3.05, 3.63) is 75.5 Å². The summed E-state index contributed by atoms with van der Waals surface area (Å²) in [5.41, 5.74) is 3.44. The van der Waals surface area contributed by atoms with Gasteiger partial charge in [-0.05, 0) is 43.7 Å². The molecule has 7 heteroatoms. The van der Waals surface area contributed by atoms with Gasteiger partial charge < -0.3 is 9.30 Å². The molecule has 0 amide bonds. The van der Waals surface area contributed by atoms with Crippen molar-refractivity contribution in [1.29, 1.82) is 5.26 Å². The van der Waals surface area contributed by atoms with Gasteiger partial charge in [0.2, 0.25) is 0 Å². The Morgan fingerprint density at radius 3 is 2.55 bits per heavy atom. The Hall–Kier alpha value is -3.92. The molecule has 0 fully saturated rings. The maximum absolute atomic E-state index is 12.0. The molecule has 3 aromatic rings. The van der Waals surface area contributed by atoms with Gasteiger partial charge in [-0.3, -0.25) is 14.9 Å². The number of fused-ring (bicyclic) bond motifs is 1. The van der Waals surface area contributed by atoms with E-state index < -0.39 is 4.92 Å². The van der Waals surface area contributed by atoms with Gasteiger partial charge in [0.25, 0.3) is 5.69 Å². The molecule has 0 unspecified atom stereocenters. The summed E-state index contributed by atoms with van der Waals surface area (Å²) < 4.78 is 6.94. The largest absolute Gasteiger partial charge is 0.465 e. The topological polar surface area (TPSA) is 98.2 Å². The number of rotatable bonds is 6. The summed E-state index contributed by atoms with van der Waals surface area (Å²) in [5.74, 6) is -0.331. The Kier molecular flexibility index (Phi) is 5.74. The van der Waals surface area contributed by atoms with Crippen LogP contribution < -0.4 is 0 Å². The number of nitro groups is 1. The summed E-state index contributed by atoms with van der Waals surface area (Å²) in [7, 11) is 0. The third-order valence-electron chi connectivity index (χ3n) is 4.67. The number of benzene rings is 2. The standard InChI is InChI=1S/C22H19N3O4/c1-3-29-22(26)14-24-15(2)20(19-6-4-5-7-21(19)24)12-17(13-23)16-8-10-18(11-9-16)25(27)28/h4-12H,3,14H2,1-2H3/b17-12+. The first-order valence-corrected chi connectivity index (χ1v) is 9.06. The van der Waals surface area contributed by atoms with Gasteiger partial charge in [0.05, 0.1) is 23.2 Å². The molecule has 146 valence electrons. The zero-order valence-corrected chi connectivity index (χ0v) is 16.1. The molecule has 0 aliphatic carbocycles. The predicted molar refractivity (Wildman–Crippen MR) is 110 cm³/mol. The Morgan fingerprint density at radius 1 is 1.24 bits per heavy atom. The number of nitrogens with zero attached hydrogens (tertiary/aromatic N) is 3. The summed E-state index contributed by atoms with van der Waals surface area (Å²) in [6.07, 6.45) is 1.75. The van der Waals surface area contributed by atoms with Crippen LogP contribution in [0.2, 0.25) is 0 Å². The molecule has 0 aliphatic heterocycles. The summed E-state index contributed by atoms with van der Waals surface area (Å²) in [6, 6.07) is 15.7. The highest BCUT2D eigenvalue weighted by molar-refractivity contribution is 5.99. The van der Waals surface area contributed by atoms with E-state index >= 15 is 0 Å². The number of hydrogen-bond donors (Lipinski definition) is 0. The van der Waals surface area contributed by atoms with Gasteiger partial charge in [-0.15, -0.1) is 0 Å². The summed E-state index contributed by atoms with van der Waals surface area (Å²) in [5, 5.41) is 21.4. The molecule has 0 atom stereocenters. The maximum atomic E-state index is 12.0. The summed E-state index contributed by atoms with van der Waals surface area (Å²) in [4.78, 5) is 22.4. The minimum Gasteiger partial charge on any atom is -0.465 e. The molecule has 0 spiro atoms. The van der Waals surface area contributed by atoms with Crippen molar-refractivity contribution >= 4 is 34.2 Å². The average Bonchev–Trinajstić information content (AvgIpc) is 2.98. The SMILES string of the molecule is CCOC(=O)Cn1c(C)c(/C=C(\C#N)c2ccc([N+](=O)[O-])cc2)c2ccccc21. The van der Waals surface area contributed by atoms with Crippen LogP contribution in [0.5, 0.6) is 0 Å². The number of ether oxygens (including phenoxy) is 1. The summed E-state index contributed by atoms with van der Waals surface area (Å²) >= 11 is 0. The maximum Gasteiger partial charge on any atom is 0.325 e. The lowest BCUT2D eigenvalue weighted by Gasteiger charge is -2.07. The van der Waals surface area contributed by atoms with Crippen LogP contribution in [-0.4, -0.2) is 22.1 Å². The molecule has 2 aromatic carbocycles. The van der Waals surface area contributed by atoms with Crippen LogP contribution in [0.1, 0.15) is 23.7 Å². The number of nitriles is 1. The average molecular weight is 389 g/mol. The number of para-hydroxylation sites is 1. The number of carbonyl (C=O) groups excluding carboxylic acids is 1. The molecule has 7 nitrogen and oxygen atoms in total. The van der Waals surface area contributed by atoms with Crippen molar-refractivity contribution < 1.29 is 14.5 Å². The smallest absolute Gasteiger partial charge is 0.325 e. The van der Waals surface area contributed by atoms with Gasteiger partial charge in [-0.1, -0.05) is 18.2 Å². The second-order valence-corrected chi connectivity index (χ2v) is 6.38. The lowest BCUT2D eigenvalue weighted by atomic mass is 10.0. The molecule has 0 N–H and O–H groups in total. The second-order valence-electron chi connectivity index (χ2n) is 6.38. The minimum absolute atomic E-state index is 0.0340. The zero-order valence-electron chi connectivity index (χ0n) is 16.1. The first-order chi connectivity index (χ1) is 14.0. The van der Waals surface area contributed by atoms with E-state index in [4.69, 9.17) is 4.74 Å². The van der Waals surface area contributed by atoms with Gasteiger partial charge in [-0.2, -0.15) is 5.26 Å². The predicted octanol–water partition coefficient (Wildman–Crippen LogP) is 4.49. The minimum atomic E-state index is -0.479. The van der Waals surface area contributed by atoms with Gasteiger partial charge in [0.15, 0.2) is 0 Å². The number of carbonyl (C=O) groups is 1. The normalized spacial score (nSPS) is 11.3. The van der Waals surface area contributed by atoms with Gasteiger partial charge >= 0.3 is 5.97 Å². The Morgan fingerprint density at radius 2 is 1.93 bits per heavy atom. The molecule has 1 heterocycles. The molecule has 0 radical (unpaired) electrons.